The molecule has 30 heavy (non-hydrogen) atoms. The van der Waals surface area contributed by atoms with Crippen molar-refractivity contribution in [2.45, 2.75) is 37.8 Å². The minimum Gasteiger partial charge on any atom is -0.369 e. The van der Waals surface area contributed by atoms with Crippen LogP contribution in [0.25, 0.3) is 0 Å². The molecule has 6 heteroatoms. The van der Waals surface area contributed by atoms with E-state index < -0.39 is 0 Å². The van der Waals surface area contributed by atoms with Crippen molar-refractivity contribution in [3.63, 3.8) is 0 Å². The average Bonchev–Trinajstić information content (AvgIpc) is 3.04. The van der Waals surface area contributed by atoms with E-state index in [0.717, 1.165) is 56.9 Å². The Balaban J connectivity index is 1.17. The Labute approximate surface area is 182 Å². The molecule has 1 saturated carbocycles. The van der Waals surface area contributed by atoms with E-state index in [1.54, 1.807) is 12.1 Å². The zero-order chi connectivity index (χ0) is 20.7. The maximum atomic E-state index is 12.8. The van der Waals surface area contributed by atoms with Gasteiger partial charge in [0.1, 0.15) is 0 Å². The first-order valence-electron chi connectivity index (χ1n) is 10.8. The van der Waals surface area contributed by atoms with E-state index in [4.69, 9.17) is 11.6 Å². The van der Waals surface area contributed by atoms with Crippen molar-refractivity contribution in [2.24, 2.45) is 0 Å². The van der Waals surface area contributed by atoms with Crippen LogP contribution < -0.4 is 4.90 Å². The van der Waals surface area contributed by atoms with Crippen LogP contribution in [0.3, 0.4) is 0 Å². The molecule has 0 atom stereocenters. The van der Waals surface area contributed by atoms with E-state index in [0.29, 0.717) is 17.2 Å². The van der Waals surface area contributed by atoms with Crippen molar-refractivity contribution in [1.82, 2.24) is 9.80 Å². The fraction of sp³-hybridized carbons (Fsp3) is 0.417. The summed E-state index contributed by atoms with van der Waals surface area (Å²) in [7, 11) is 0. The van der Waals surface area contributed by atoms with E-state index in [1.165, 1.54) is 10.6 Å². The van der Waals surface area contributed by atoms with Crippen molar-refractivity contribution in [3.8, 4) is 0 Å². The number of piperazine rings is 1. The zero-order valence-corrected chi connectivity index (χ0v) is 17.7. The lowest BCUT2D eigenvalue weighted by molar-refractivity contribution is 0.0490. The summed E-state index contributed by atoms with van der Waals surface area (Å²) in [4.78, 5) is 32.0. The van der Waals surface area contributed by atoms with Crippen molar-refractivity contribution in [2.75, 3.05) is 31.1 Å². The highest BCUT2D eigenvalue weighted by atomic mass is 35.5. The molecule has 2 heterocycles. The van der Waals surface area contributed by atoms with Crippen molar-refractivity contribution in [1.29, 1.82) is 0 Å². The normalized spacial score (nSPS) is 25.0. The van der Waals surface area contributed by atoms with Crippen LogP contribution in [0.5, 0.6) is 0 Å². The van der Waals surface area contributed by atoms with Gasteiger partial charge >= 0.3 is 0 Å². The number of benzene rings is 2. The fourth-order valence-corrected chi connectivity index (χ4v) is 5.42. The van der Waals surface area contributed by atoms with Crippen molar-refractivity contribution in [3.05, 3.63) is 64.7 Å². The quantitative estimate of drug-likeness (QED) is 0.698. The Kier molecular flexibility index (Phi) is 5.25. The number of rotatable bonds is 3. The van der Waals surface area contributed by atoms with Crippen LogP contribution >= 0.6 is 11.6 Å². The molecule has 0 radical (unpaired) electrons. The number of nitrogens with zero attached hydrogens (tertiary/aromatic N) is 3. The predicted octanol–water partition coefficient (Wildman–Crippen LogP) is 4.07. The van der Waals surface area contributed by atoms with Crippen LogP contribution in [0.4, 0.5) is 5.69 Å². The first-order chi connectivity index (χ1) is 14.6. The van der Waals surface area contributed by atoms with E-state index in [-0.39, 0.29) is 17.9 Å². The van der Waals surface area contributed by atoms with Gasteiger partial charge in [-0.1, -0.05) is 29.8 Å². The van der Waals surface area contributed by atoms with Gasteiger partial charge in [0.05, 0.1) is 11.1 Å². The van der Waals surface area contributed by atoms with E-state index in [9.17, 15) is 9.59 Å². The standard InChI is InChI=1S/C24H26ClN3O2/c25-17-4-3-5-20(16-17)27-14-12-26(13-15-27)18-8-10-19(11-9-18)28-23(29)21-6-1-2-7-22(21)24(28)30/h1-7,16,18-19H,8-15H2. The molecule has 2 aliphatic heterocycles. The summed E-state index contributed by atoms with van der Waals surface area (Å²) in [6.07, 6.45) is 3.86. The molecule has 0 N–H and O–H groups in total. The Morgan fingerprint density at radius 2 is 1.33 bits per heavy atom. The largest absolute Gasteiger partial charge is 0.369 e. The van der Waals surface area contributed by atoms with Crippen LogP contribution in [0.15, 0.2) is 48.5 Å². The van der Waals surface area contributed by atoms with Gasteiger partial charge in [-0.25, -0.2) is 0 Å². The van der Waals surface area contributed by atoms with Gasteiger partial charge in [-0.15, -0.1) is 0 Å². The van der Waals surface area contributed by atoms with Gasteiger partial charge in [0, 0.05) is 49.0 Å². The number of imide groups is 1. The lowest BCUT2D eigenvalue weighted by Gasteiger charge is -2.43. The Morgan fingerprint density at radius 3 is 1.93 bits per heavy atom. The van der Waals surface area contributed by atoms with E-state index >= 15 is 0 Å². The monoisotopic (exact) mass is 423 g/mol. The molecule has 0 bridgehead atoms. The number of hydrogen-bond donors (Lipinski definition) is 0. The molecular weight excluding hydrogens is 398 g/mol. The van der Waals surface area contributed by atoms with Gasteiger partial charge in [0.25, 0.3) is 11.8 Å². The van der Waals surface area contributed by atoms with Crippen LogP contribution in [0.1, 0.15) is 46.4 Å². The maximum Gasteiger partial charge on any atom is 0.261 e. The first-order valence-corrected chi connectivity index (χ1v) is 11.2. The molecule has 0 unspecified atom stereocenters. The van der Waals surface area contributed by atoms with Gasteiger partial charge < -0.3 is 4.90 Å². The third kappa shape index (κ3) is 3.50. The molecule has 3 aliphatic rings. The minimum absolute atomic E-state index is 0.0291. The zero-order valence-electron chi connectivity index (χ0n) is 17.0. The van der Waals surface area contributed by atoms with Crippen LogP contribution in [-0.4, -0.2) is 59.9 Å². The lowest BCUT2D eigenvalue weighted by Crippen LogP contribution is -2.52. The number of amides is 2. The van der Waals surface area contributed by atoms with Crippen LogP contribution in [0.2, 0.25) is 5.02 Å². The second-order valence-electron chi connectivity index (χ2n) is 8.49. The van der Waals surface area contributed by atoms with Gasteiger partial charge in [-0.3, -0.25) is 19.4 Å². The molecule has 1 saturated heterocycles. The van der Waals surface area contributed by atoms with E-state index in [2.05, 4.69) is 15.9 Å². The molecule has 2 aromatic rings. The molecule has 5 nitrogen and oxygen atoms in total. The van der Waals surface area contributed by atoms with Gasteiger partial charge in [0.2, 0.25) is 0 Å². The molecule has 5 rings (SSSR count). The molecule has 156 valence electrons. The Morgan fingerprint density at radius 1 is 0.733 bits per heavy atom. The van der Waals surface area contributed by atoms with Gasteiger partial charge in [0.15, 0.2) is 0 Å². The minimum atomic E-state index is -0.116. The average molecular weight is 424 g/mol. The SMILES string of the molecule is O=C1c2ccccc2C(=O)N1C1CCC(N2CCN(c3cccc(Cl)c3)CC2)CC1. The molecule has 1 aliphatic carbocycles. The second-order valence-corrected chi connectivity index (χ2v) is 8.93. The molecule has 0 spiro atoms. The summed E-state index contributed by atoms with van der Waals surface area (Å²) in [6.45, 7) is 4.07. The highest BCUT2D eigenvalue weighted by Crippen LogP contribution is 2.33. The maximum absolute atomic E-state index is 12.8. The third-order valence-corrected chi connectivity index (χ3v) is 7.10. The number of halogens is 1. The van der Waals surface area contributed by atoms with Crippen molar-refractivity contribution < 1.29 is 9.59 Å². The number of fused-ring (bicyclic) bond motifs is 1. The highest BCUT2D eigenvalue weighted by Gasteiger charge is 2.41. The molecule has 2 aromatic carbocycles. The first kappa shape index (κ1) is 19.6. The third-order valence-electron chi connectivity index (χ3n) is 6.86. The smallest absolute Gasteiger partial charge is 0.261 e. The van der Waals surface area contributed by atoms with Crippen LogP contribution in [0, 0.1) is 0 Å². The van der Waals surface area contributed by atoms with Crippen LogP contribution in [-0.2, 0) is 0 Å². The summed E-state index contributed by atoms with van der Waals surface area (Å²) in [5.74, 6) is -0.233. The number of anilines is 1. The summed E-state index contributed by atoms with van der Waals surface area (Å²) < 4.78 is 0. The summed E-state index contributed by atoms with van der Waals surface area (Å²) in [5, 5.41) is 0.779. The Hall–Kier alpha value is -2.37. The predicted molar refractivity (Wildman–Crippen MR) is 118 cm³/mol. The molecule has 0 aromatic heterocycles. The summed E-state index contributed by atoms with van der Waals surface area (Å²) in [5.41, 5.74) is 2.31. The molecule has 2 amide bonds. The van der Waals surface area contributed by atoms with Gasteiger partial charge in [-0.2, -0.15) is 0 Å². The Bertz CT molecular complexity index is 927. The highest BCUT2D eigenvalue weighted by molar-refractivity contribution is 6.30. The van der Waals surface area contributed by atoms with E-state index in [1.807, 2.05) is 30.3 Å². The van der Waals surface area contributed by atoms with Gasteiger partial charge in [-0.05, 0) is 56.0 Å². The number of carbonyl (C=O) groups is 2. The molecular formula is C24H26ClN3O2. The molecule has 2 fully saturated rings. The number of carbonyl (C=O) groups excluding carboxylic acids is 2. The number of hydrogen-bond acceptors (Lipinski definition) is 4. The summed E-state index contributed by atoms with van der Waals surface area (Å²) in [6, 6.07) is 15.8. The topological polar surface area (TPSA) is 43.9 Å². The summed E-state index contributed by atoms with van der Waals surface area (Å²) >= 11 is 6.14. The van der Waals surface area contributed by atoms with Crippen molar-refractivity contribution >= 4 is 29.1 Å². The second kappa shape index (κ2) is 8.05. The fourth-order valence-electron chi connectivity index (χ4n) is 5.24. The lowest BCUT2D eigenvalue weighted by atomic mass is 9.89.